The van der Waals surface area contributed by atoms with Gasteiger partial charge in [-0.05, 0) is 64.8 Å². The summed E-state index contributed by atoms with van der Waals surface area (Å²) in [7, 11) is 0. The topological polar surface area (TPSA) is 108 Å². The fourth-order valence-corrected chi connectivity index (χ4v) is 3.79. The largest absolute Gasteiger partial charge is 0.347 e. The third-order valence-corrected chi connectivity index (χ3v) is 5.32. The summed E-state index contributed by atoms with van der Waals surface area (Å²) in [5.41, 5.74) is -0.230. The molecule has 1 saturated heterocycles. The van der Waals surface area contributed by atoms with E-state index in [4.69, 9.17) is 0 Å². The molecule has 1 aliphatic carbocycles. The molecule has 2 aliphatic rings. The van der Waals surface area contributed by atoms with Crippen LogP contribution in [-0.4, -0.2) is 45.8 Å². The maximum Gasteiger partial charge on any atom is 0.325 e. The second kappa shape index (κ2) is 7.50. The van der Waals surface area contributed by atoms with Gasteiger partial charge in [-0.1, -0.05) is 12.8 Å². The quantitative estimate of drug-likeness (QED) is 0.675. The van der Waals surface area contributed by atoms with E-state index in [0.717, 1.165) is 17.7 Å². The zero-order valence-corrected chi connectivity index (χ0v) is 17.3. The Bertz CT molecular complexity index is 835. The van der Waals surface area contributed by atoms with Crippen LogP contribution in [0.1, 0.15) is 63.7 Å². The molecule has 1 atom stereocenters. The van der Waals surface area contributed by atoms with Crippen LogP contribution in [0.2, 0.25) is 0 Å². The number of amides is 5. The molecule has 0 aromatic heterocycles. The molecule has 3 rings (SSSR count). The molecule has 2 fully saturated rings. The standard InChI is InChI=1S/C21H28N4O4/c1-13(25-18(28)21(24-19(25)29)11-5-6-12-21)16(26)22-15-9-7-14(8-10-15)17(27)23-20(2,3)4/h7-10,13H,5-6,11-12H2,1-4H3,(H,22,26)(H,23,27)(H,24,29). The molecule has 1 spiro atoms. The first-order valence-corrected chi connectivity index (χ1v) is 9.92. The Kier molecular flexibility index (Phi) is 5.38. The van der Waals surface area contributed by atoms with Crippen LogP contribution in [0.5, 0.6) is 0 Å². The number of benzene rings is 1. The molecule has 1 aromatic rings. The number of imide groups is 1. The number of hydrogen-bond acceptors (Lipinski definition) is 4. The van der Waals surface area contributed by atoms with Crippen molar-refractivity contribution >= 4 is 29.4 Å². The Hall–Kier alpha value is -2.90. The number of rotatable bonds is 4. The summed E-state index contributed by atoms with van der Waals surface area (Å²) < 4.78 is 0. The summed E-state index contributed by atoms with van der Waals surface area (Å²) in [6, 6.07) is 5.00. The average molecular weight is 400 g/mol. The highest BCUT2D eigenvalue weighted by Gasteiger charge is 2.54. The Balaban J connectivity index is 1.65. The molecule has 8 nitrogen and oxygen atoms in total. The van der Waals surface area contributed by atoms with Gasteiger partial charge in [-0.2, -0.15) is 0 Å². The highest BCUT2D eigenvalue weighted by Crippen LogP contribution is 2.35. The Morgan fingerprint density at radius 3 is 2.24 bits per heavy atom. The zero-order chi connectivity index (χ0) is 21.4. The Morgan fingerprint density at radius 1 is 1.10 bits per heavy atom. The van der Waals surface area contributed by atoms with Crippen molar-refractivity contribution in [2.45, 2.75) is 70.5 Å². The Morgan fingerprint density at radius 2 is 1.69 bits per heavy atom. The lowest BCUT2D eigenvalue weighted by molar-refractivity contribution is -0.136. The average Bonchev–Trinajstić information content (AvgIpc) is 3.19. The van der Waals surface area contributed by atoms with Crippen molar-refractivity contribution in [3.05, 3.63) is 29.8 Å². The van der Waals surface area contributed by atoms with Crippen LogP contribution in [0, 0.1) is 0 Å². The van der Waals surface area contributed by atoms with E-state index < -0.39 is 23.5 Å². The molecule has 0 radical (unpaired) electrons. The fourth-order valence-electron chi connectivity index (χ4n) is 3.79. The zero-order valence-electron chi connectivity index (χ0n) is 17.3. The van der Waals surface area contributed by atoms with E-state index in [1.54, 1.807) is 24.3 Å². The lowest BCUT2D eigenvalue weighted by Crippen LogP contribution is -2.48. The molecular weight excluding hydrogens is 372 g/mol. The fraction of sp³-hybridized carbons (Fsp3) is 0.524. The van der Waals surface area contributed by atoms with Crippen molar-refractivity contribution in [1.29, 1.82) is 0 Å². The maximum absolute atomic E-state index is 12.8. The summed E-state index contributed by atoms with van der Waals surface area (Å²) in [5, 5.41) is 8.36. The van der Waals surface area contributed by atoms with Crippen LogP contribution in [0.25, 0.3) is 0 Å². The van der Waals surface area contributed by atoms with Gasteiger partial charge in [-0.25, -0.2) is 9.69 Å². The summed E-state index contributed by atoms with van der Waals surface area (Å²) in [4.78, 5) is 51.0. The van der Waals surface area contributed by atoms with Crippen LogP contribution in [0.15, 0.2) is 24.3 Å². The molecule has 1 saturated carbocycles. The van der Waals surface area contributed by atoms with E-state index in [1.165, 1.54) is 6.92 Å². The van der Waals surface area contributed by atoms with Gasteiger partial charge in [0.2, 0.25) is 5.91 Å². The van der Waals surface area contributed by atoms with Crippen molar-refractivity contribution in [1.82, 2.24) is 15.5 Å². The number of anilines is 1. The third-order valence-electron chi connectivity index (χ3n) is 5.32. The minimum Gasteiger partial charge on any atom is -0.347 e. The first-order valence-electron chi connectivity index (χ1n) is 9.92. The van der Waals surface area contributed by atoms with Crippen molar-refractivity contribution in [2.24, 2.45) is 0 Å². The normalized spacial score (nSPS) is 19.2. The van der Waals surface area contributed by atoms with E-state index in [2.05, 4.69) is 16.0 Å². The van der Waals surface area contributed by atoms with Gasteiger partial charge in [0, 0.05) is 16.8 Å². The van der Waals surface area contributed by atoms with Crippen LogP contribution in [0.3, 0.4) is 0 Å². The van der Waals surface area contributed by atoms with Gasteiger partial charge < -0.3 is 16.0 Å². The van der Waals surface area contributed by atoms with Crippen LogP contribution in [0.4, 0.5) is 10.5 Å². The monoisotopic (exact) mass is 400 g/mol. The van der Waals surface area contributed by atoms with Crippen molar-refractivity contribution in [3.63, 3.8) is 0 Å². The van der Waals surface area contributed by atoms with Gasteiger partial charge in [0.15, 0.2) is 0 Å². The molecule has 1 aromatic carbocycles. The number of nitrogens with zero attached hydrogens (tertiary/aromatic N) is 1. The van der Waals surface area contributed by atoms with Crippen molar-refractivity contribution in [3.8, 4) is 0 Å². The number of nitrogens with one attached hydrogen (secondary N) is 3. The molecule has 29 heavy (non-hydrogen) atoms. The summed E-state index contributed by atoms with van der Waals surface area (Å²) >= 11 is 0. The highest BCUT2D eigenvalue weighted by molar-refractivity contribution is 6.11. The van der Waals surface area contributed by atoms with Crippen LogP contribution in [-0.2, 0) is 9.59 Å². The lowest BCUT2D eigenvalue weighted by atomic mass is 9.97. The van der Waals surface area contributed by atoms with Crippen molar-refractivity contribution < 1.29 is 19.2 Å². The maximum atomic E-state index is 12.8. The second-order valence-corrected chi connectivity index (χ2v) is 8.84. The van der Waals surface area contributed by atoms with Crippen LogP contribution >= 0.6 is 0 Å². The molecule has 1 aliphatic heterocycles. The molecule has 5 amide bonds. The molecular formula is C21H28N4O4. The molecule has 8 heteroatoms. The summed E-state index contributed by atoms with van der Waals surface area (Å²) in [6.45, 7) is 7.22. The number of hydrogen-bond donors (Lipinski definition) is 3. The molecule has 156 valence electrons. The number of urea groups is 1. The predicted molar refractivity (Wildman–Crippen MR) is 108 cm³/mol. The number of carbonyl (C=O) groups excluding carboxylic acids is 4. The first kappa shape index (κ1) is 20.8. The van der Waals surface area contributed by atoms with Crippen molar-refractivity contribution in [2.75, 3.05) is 5.32 Å². The second-order valence-electron chi connectivity index (χ2n) is 8.84. The molecule has 1 unspecified atom stereocenters. The third kappa shape index (κ3) is 4.26. The van der Waals surface area contributed by atoms with E-state index in [-0.39, 0.29) is 17.4 Å². The smallest absolute Gasteiger partial charge is 0.325 e. The molecule has 1 heterocycles. The Labute approximate surface area is 170 Å². The lowest BCUT2D eigenvalue weighted by Gasteiger charge is -2.23. The molecule has 3 N–H and O–H groups in total. The highest BCUT2D eigenvalue weighted by atomic mass is 16.2. The van der Waals surface area contributed by atoms with Gasteiger partial charge in [0.05, 0.1) is 0 Å². The minimum absolute atomic E-state index is 0.204. The predicted octanol–water partition coefficient (Wildman–Crippen LogP) is 2.41. The summed E-state index contributed by atoms with van der Waals surface area (Å²) in [5.74, 6) is -0.989. The van der Waals surface area contributed by atoms with E-state index in [0.29, 0.717) is 24.1 Å². The summed E-state index contributed by atoms with van der Waals surface area (Å²) in [6.07, 6.45) is 2.99. The first-order chi connectivity index (χ1) is 13.5. The van der Waals surface area contributed by atoms with Gasteiger partial charge in [0.1, 0.15) is 11.6 Å². The van der Waals surface area contributed by atoms with E-state index >= 15 is 0 Å². The van der Waals surface area contributed by atoms with Gasteiger partial charge >= 0.3 is 6.03 Å². The van der Waals surface area contributed by atoms with Crippen LogP contribution < -0.4 is 16.0 Å². The SMILES string of the molecule is CC(C(=O)Nc1ccc(C(=O)NC(C)(C)C)cc1)N1C(=O)NC2(CCCC2)C1=O. The minimum atomic E-state index is -0.939. The van der Waals surface area contributed by atoms with E-state index in [9.17, 15) is 19.2 Å². The van der Waals surface area contributed by atoms with Gasteiger partial charge in [0.25, 0.3) is 11.8 Å². The van der Waals surface area contributed by atoms with Gasteiger partial charge in [-0.3, -0.25) is 14.4 Å². The van der Waals surface area contributed by atoms with Gasteiger partial charge in [-0.15, -0.1) is 0 Å². The molecule has 0 bridgehead atoms. The number of carbonyl (C=O) groups is 4. The van der Waals surface area contributed by atoms with E-state index in [1.807, 2.05) is 20.8 Å².